The molecule has 0 aromatic heterocycles. The van der Waals surface area contributed by atoms with Gasteiger partial charge < -0.3 is 15.7 Å². The zero-order chi connectivity index (χ0) is 16.3. The lowest BCUT2D eigenvalue weighted by Gasteiger charge is -2.39. The van der Waals surface area contributed by atoms with Crippen molar-refractivity contribution in [1.82, 2.24) is 4.90 Å². The maximum absolute atomic E-state index is 13.5. The summed E-state index contributed by atoms with van der Waals surface area (Å²) in [5.74, 6) is -1.58. The van der Waals surface area contributed by atoms with Gasteiger partial charge in [0.1, 0.15) is 5.82 Å². The van der Waals surface area contributed by atoms with Gasteiger partial charge >= 0.3 is 0 Å². The molecule has 0 aliphatic carbocycles. The number of nitrogens with zero attached hydrogens (tertiary/aromatic N) is 1. The summed E-state index contributed by atoms with van der Waals surface area (Å²) in [5.41, 5.74) is 4.02. The lowest BCUT2D eigenvalue weighted by Crippen LogP contribution is -2.50. The average Bonchev–Trinajstić information content (AvgIpc) is 2.47. The van der Waals surface area contributed by atoms with Gasteiger partial charge in [-0.2, -0.15) is 0 Å². The Kier molecular flexibility index (Phi) is 5.03. The third kappa shape index (κ3) is 3.75. The summed E-state index contributed by atoms with van der Waals surface area (Å²) < 4.78 is 13.5. The van der Waals surface area contributed by atoms with E-state index in [0.717, 1.165) is 0 Å². The number of rotatable bonds is 4. The summed E-state index contributed by atoms with van der Waals surface area (Å²) in [4.78, 5) is 24.8. The molecule has 2 rings (SSSR count). The molecule has 3 N–H and O–H groups in total. The molecule has 1 atom stereocenters. The first-order valence-electron chi connectivity index (χ1n) is 7.06. The number of carbonyl (C=O) groups excluding carboxylic acids is 2. The maximum Gasteiger partial charge on any atom is 0.255 e. The Morgan fingerprint density at radius 2 is 2.18 bits per heavy atom. The predicted molar refractivity (Wildman–Crippen MR) is 79.9 cm³/mol. The normalized spacial score (nSPS) is 21.7. The standard InChI is InChI=1S/C15H18ClFN2O3/c16-13-10(3-1-4-11(13)17)14(21)19-8-2-6-15(22,9-19)7-5-12(18)20/h1,3-4,22H,2,5-9H2,(H2,18,20)/t15-/m0/s1. The molecular weight excluding hydrogens is 311 g/mol. The largest absolute Gasteiger partial charge is 0.388 e. The highest BCUT2D eigenvalue weighted by molar-refractivity contribution is 6.34. The van der Waals surface area contributed by atoms with Gasteiger partial charge in [-0.25, -0.2) is 4.39 Å². The number of hydrogen-bond acceptors (Lipinski definition) is 3. The van der Waals surface area contributed by atoms with Crippen LogP contribution in [-0.2, 0) is 4.79 Å². The van der Waals surface area contributed by atoms with E-state index >= 15 is 0 Å². The van der Waals surface area contributed by atoms with Crippen molar-refractivity contribution in [2.24, 2.45) is 5.73 Å². The fourth-order valence-corrected chi connectivity index (χ4v) is 2.89. The first-order chi connectivity index (χ1) is 10.3. The molecule has 0 saturated carbocycles. The topological polar surface area (TPSA) is 83.6 Å². The molecule has 0 radical (unpaired) electrons. The van der Waals surface area contributed by atoms with Gasteiger partial charge in [0.2, 0.25) is 5.91 Å². The number of carbonyl (C=O) groups is 2. The molecule has 0 spiro atoms. The summed E-state index contributed by atoms with van der Waals surface area (Å²) in [6.45, 7) is 0.524. The molecule has 7 heteroatoms. The van der Waals surface area contributed by atoms with Crippen LogP contribution in [0.2, 0.25) is 5.02 Å². The molecule has 2 amide bonds. The summed E-state index contributed by atoms with van der Waals surface area (Å²) in [7, 11) is 0. The minimum absolute atomic E-state index is 0.0548. The van der Waals surface area contributed by atoms with Crippen LogP contribution in [0.15, 0.2) is 18.2 Å². The SMILES string of the molecule is NC(=O)CC[C@@]1(O)CCCN(C(=O)c2cccc(F)c2Cl)C1. The first kappa shape index (κ1) is 16.7. The molecule has 1 aliphatic heterocycles. The summed E-state index contributed by atoms with van der Waals surface area (Å²) in [5, 5.41) is 10.3. The zero-order valence-electron chi connectivity index (χ0n) is 12.0. The van der Waals surface area contributed by atoms with Gasteiger partial charge in [0.05, 0.1) is 16.2 Å². The molecule has 1 aliphatic rings. The number of benzene rings is 1. The number of β-amino-alcohol motifs (C(OH)–C–C–N with tert-alkyl or cyclic N) is 1. The van der Waals surface area contributed by atoms with Crippen molar-refractivity contribution in [3.05, 3.63) is 34.6 Å². The highest BCUT2D eigenvalue weighted by atomic mass is 35.5. The first-order valence-corrected chi connectivity index (χ1v) is 7.44. The van der Waals surface area contributed by atoms with Crippen LogP contribution in [0.5, 0.6) is 0 Å². The van der Waals surface area contributed by atoms with E-state index in [1.807, 2.05) is 0 Å². The smallest absolute Gasteiger partial charge is 0.255 e. The second-order valence-electron chi connectivity index (χ2n) is 5.62. The number of amides is 2. The Bertz CT molecular complexity index is 596. The van der Waals surface area contributed by atoms with E-state index in [4.69, 9.17) is 17.3 Å². The Morgan fingerprint density at radius 1 is 1.45 bits per heavy atom. The minimum atomic E-state index is -1.15. The van der Waals surface area contributed by atoms with Crippen molar-refractivity contribution in [2.75, 3.05) is 13.1 Å². The Hall–Kier alpha value is -1.66. The van der Waals surface area contributed by atoms with E-state index in [0.29, 0.717) is 19.4 Å². The highest BCUT2D eigenvalue weighted by Gasteiger charge is 2.36. The summed E-state index contributed by atoms with van der Waals surface area (Å²) >= 11 is 5.83. The van der Waals surface area contributed by atoms with Crippen molar-refractivity contribution >= 4 is 23.4 Å². The number of aliphatic hydroxyl groups is 1. The fraction of sp³-hybridized carbons (Fsp3) is 0.467. The van der Waals surface area contributed by atoms with E-state index in [9.17, 15) is 19.1 Å². The van der Waals surface area contributed by atoms with Crippen molar-refractivity contribution in [3.63, 3.8) is 0 Å². The molecule has 5 nitrogen and oxygen atoms in total. The third-order valence-corrected chi connectivity index (χ3v) is 4.25. The second kappa shape index (κ2) is 6.62. The molecule has 1 fully saturated rings. The van der Waals surface area contributed by atoms with Crippen LogP contribution in [0.1, 0.15) is 36.0 Å². The number of halogens is 2. The van der Waals surface area contributed by atoms with Crippen molar-refractivity contribution in [2.45, 2.75) is 31.3 Å². The maximum atomic E-state index is 13.5. The van der Waals surface area contributed by atoms with Crippen LogP contribution < -0.4 is 5.73 Å². The average molecular weight is 329 g/mol. The summed E-state index contributed by atoms with van der Waals surface area (Å²) in [6.07, 6.45) is 1.33. The highest BCUT2D eigenvalue weighted by Crippen LogP contribution is 2.28. The zero-order valence-corrected chi connectivity index (χ0v) is 12.8. The van der Waals surface area contributed by atoms with E-state index in [2.05, 4.69) is 0 Å². The van der Waals surface area contributed by atoms with Gasteiger partial charge in [-0.05, 0) is 31.4 Å². The van der Waals surface area contributed by atoms with Crippen LogP contribution in [0.4, 0.5) is 4.39 Å². The Morgan fingerprint density at radius 3 is 2.86 bits per heavy atom. The van der Waals surface area contributed by atoms with Gasteiger partial charge in [-0.1, -0.05) is 17.7 Å². The van der Waals surface area contributed by atoms with Gasteiger partial charge in [-0.15, -0.1) is 0 Å². The lowest BCUT2D eigenvalue weighted by atomic mass is 9.88. The van der Waals surface area contributed by atoms with E-state index in [1.54, 1.807) is 0 Å². The van der Waals surface area contributed by atoms with E-state index in [-0.39, 0.29) is 30.0 Å². The second-order valence-corrected chi connectivity index (χ2v) is 6.00. The monoisotopic (exact) mass is 328 g/mol. The molecular formula is C15H18ClFN2O3. The van der Waals surface area contributed by atoms with E-state index in [1.165, 1.54) is 23.1 Å². The van der Waals surface area contributed by atoms with Crippen molar-refractivity contribution in [3.8, 4) is 0 Å². The van der Waals surface area contributed by atoms with Crippen molar-refractivity contribution < 1.29 is 19.1 Å². The van der Waals surface area contributed by atoms with Crippen LogP contribution >= 0.6 is 11.6 Å². The van der Waals surface area contributed by atoms with Gasteiger partial charge in [0.25, 0.3) is 5.91 Å². The lowest BCUT2D eigenvalue weighted by molar-refractivity contribution is -0.120. The third-order valence-electron chi connectivity index (χ3n) is 3.86. The van der Waals surface area contributed by atoms with Gasteiger partial charge in [-0.3, -0.25) is 9.59 Å². The number of hydrogen-bond donors (Lipinski definition) is 2. The van der Waals surface area contributed by atoms with Crippen LogP contribution in [0.25, 0.3) is 0 Å². The quantitative estimate of drug-likeness (QED) is 0.882. The number of likely N-dealkylation sites (tertiary alicyclic amines) is 1. The molecule has 1 aromatic rings. The van der Waals surface area contributed by atoms with Crippen molar-refractivity contribution in [1.29, 1.82) is 0 Å². The van der Waals surface area contributed by atoms with Gasteiger partial charge in [0.15, 0.2) is 0 Å². The number of primary amides is 1. The molecule has 1 heterocycles. The minimum Gasteiger partial charge on any atom is -0.388 e. The Balaban J connectivity index is 2.13. The van der Waals surface area contributed by atoms with Crippen LogP contribution in [0.3, 0.4) is 0 Å². The molecule has 22 heavy (non-hydrogen) atoms. The Labute approximate surface area is 132 Å². The fourth-order valence-electron chi connectivity index (χ4n) is 2.68. The number of piperidine rings is 1. The molecule has 1 saturated heterocycles. The van der Waals surface area contributed by atoms with Crippen LogP contribution in [0, 0.1) is 5.82 Å². The molecule has 1 aromatic carbocycles. The molecule has 120 valence electrons. The van der Waals surface area contributed by atoms with Crippen LogP contribution in [-0.4, -0.2) is 40.5 Å². The molecule has 0 unspecified atom stereocenters. The van der Waals surface area contributed by atoms with Gasteiger partial charge in [0, 0.05) is 19.5 Å². The van der Waals surface area contributed by atoms with E-state index < -0.39 is 23.2 Å². The molecule has 0 bridgehead atoms. The number of nitrogens with two attached hydrogens (primary N) is 1. The summed E-state index contributed by atoms with van der Waals surface area (Å²) in [6, 6.07) is 4.04. The predicted octanol–water partition coefficient (Wildman–Crippen LogP) is 1.71.